The molecule has 1 unspecified atom stereocenters. The van der Waals surface area contributed by atoms with Crippen LogP contribution >= 0.6 is 0 Å². The van der Waals surface area contributed by atoms with Crippen LogP contribution in [-0.4, -0.2) is 71.2 Å². The fraction of sp³-hybridized carbons (Fsp3) is 0.542. The average molecular weight is 504 g/mol. The molecule has 1 aliphatic heterocycles. The molecule has 2 atom stereocenters. The molecule has 10 nitrogen and oxygen atoms in total. The van der Waals surface area contributed by atoms with Gasteiger partial charge in [-0.1, -0.05) is 32.9 Å². The minimum Gasteiger partial charge on any atom is -0.344 e. The summed E-state index contributed by atoms with van der Waals surface area (Å²) in [7, 11) is -3.51. The van der Waals surface area contributed by atoms with Crippen LogP contribution in [0.2, 0.25) is 0 Å². The number of aromatic nitrogens is 2. The van der Waals surface area contributed by atoms with Crippen molar-refractivity contribution in [2.75, 3.05) is 18.8 Å². The van der Waals surface area contributed by atoms with Crippen LogP contribution in [0.1, 0.15) is 56.9 Å². The van der Waals surface area contributed by atoms with E-state index in [0.717, 1.165) is 0 Å². The first-order chi connectivity index (χ1) is 16.6. The van der Waals surface area contributed by atoms with Crippen molar-refractivity contribution >= 4 is 38.7 Å². The van der Waals surface area contributed by atoms with Gasteiger partial charge in [0.1, 0.15) is 11.7 Å². The Hall–Kier alpha value is -2.92. The average Bonchev–Trinajstić information content (AvgIpc) is 2.99. The molecule has 3 rings (SSSR count). The third-order valence-corrected chi connectivity index (χ3v) is 7.83. The lowest BCUT2D eigenvalue weighted by atomic mass is 10.0. The zero-order chi connectivity index (χ0) is 25.6. The summed E-state index contributed by atoms with van der Waals surface area (Å²) < 4.78 is 26.0. The van der Waals surface area contributed by atoms with Gasteiger partial charge in [-0.3, -0.25) is 19.4 Å². The zero-order valence-electron chi connectivity index (χ0n) is 20.4. The molecule has 2 aromatic rings. The molecule has 2 amide bonds. The smallest absolute Gasteiger partial charge is 0.272 e. The van der Waals surface area contributed by atoms with Gasteiger partial charge in [0.15, 0.2) is 5.78 Å². The van der Waals surface area contributed by atoms with Crippen molar-refractivity contribution in [2.45, 2.75) is 58.5 Å². The van der Waals surface area contributed by atoms with E-state index in [2.05, 4.69) is 20.6 Å². The maximum atomic E-state index is 13.1. The highest BCUT2D eigenvalue weighted by Crippen LogP contribution is 2.15. The van der Waals surface area contributed by atoms with Crippen LogP contribution in [0, 0.1) is 5.92 Å². The number of sulfonamides is 1. The van der Waals surface area contributed by atoms with Crippen LogP contribution < -0.4 is 10.6 Å². The molecule has 2 heterocycles. The molecular weight excluding hydrogens is 470 g/mol. The predicted octanol–water partition coefficient (Wildman–Crippen LogP) is 1.66. The molecule has 0 aliphatic carbocycles. The lowest BCUT2D eigenvalue weighted by Gasteiger charge is -2.23. The van der Waals surface area contributed by atoms with Crippen molar-refractivity contribution in [2.24, 2.45) is 5.92 Å². The summed E-state index contributed by atoms with van der Waals surface area (Å²) in [4.78, 5) is 47.4. The second kappa shape index (κ2) is 11.7. The summed E-state index contributed by atoms with van der Waals surface area (Å²) in [5.41, 5.74) is 1.31. The van der Waals surface area contributed by atoms with E-state index in [1.165, 1.54) is 10.5 Å². The maximum absolute atomic E-state index is 13.1. The lowest BCUT2D eigenvalue weighted by molar-refractivity contribution is -0.129. The van der Waals surface area contributed by atoms with E-state index in [9.17, 15) is 22.8 Å². The monoisotopic (exact) mass is 503 g/mol. The molecule has 0 spiro atoms. The van der Waals surface area contributed by atoms with Gasteiger partial charge in [0.05, 0.1) is 35.6 Å². The molecular formula is C24H33N5O5S. The molecule has 11 heteroatoms. The number of amides is 2. The first kappa shape index (κ1) is 26.7. The van der Waals surface area contributed by atoms with E-state index in [-0.39, 0.29) is 36.2 Å². The minimum atomic E-state index is -3.51. The summed E-state index contributed by atoms with van der Waals surface area (Å²) in [5.74, 6) is -1.30. The van der Waals surface area contributed by atoms with Crippen LogP contribution in [0.25, 0.3) is 11.0 Å². The van der Waals surface area contributed by atoms with Crippen molar-refractivity contribution in [1.29, 1.82) is 0 Å². The van der Waals surface area contributed by atoms with Gasteiger partial charge in [0.25, 0.3) is 5.91 Å². The van der Waals surface area contributed by atoms with Gasteiger partial charge in [-0.25, -0.2) is 13.4 Å². The Balaban J connectivity index is 1.70. The Kier molecular flexibility index (Phi) is 8.90. The van der Waals surface area contributed by atoms with Crippen molar-refractivity contribution in [1.82, 2.24) is 24.9 Å². The Morgan fingerprint density at radius 3 is 2.60 bits per heavy atom. The fourth-order valence-electron chi connectivity index (χ4n) is 4.05. The number of benzene rings is 1. The summed E-state index contributed by atoms with van der Waals surface area (Å²) in [6.45, 7) is 5.60. The van der Waals surface area contributed by atoms with Crippen LogP contribution in [0.4, 0.5) is 0 Å². The quantitative estimate of drug-likeness (QED) is 0.531. The van der Waals surface area contributed by atoms with E-state index < -0.39 is 33.9 Å². The van der Waals surface area contributed by atoms with E-state index in [1.807, 2.05) is 19.9 Å². The molecule has 1 aromatic heterocycles. The third kappa shape index (κ3) is 7.04. The summed E-state index contributed by atoms with van der Waals surface area (Å²) in [6.07, 6.45) is 2.97. The minimum absolute atomic E-state index is 0.0164. The Morgan fingerprint density at radius 2 is 1.91 bits per heavy atom. The molecule has 190 valence electrons. The van der Waals surface area contributed by atoms with Crippen LogP contribution in [0.15, 0.2) is 30.5 Å². The molecule has 1 aromatic carbocycles. The van der Waals surface area contributed by atoms with E-state index in [1.54, 1.807) is 25.1 Å². The highest BCUT2D eigenvalue weighted by atomic mass is 32.2. The third-order valence-electron chi connectivity index (χ3n) is 5.80. The van der Waals surface area contributed by atoms with E-state index in [0.29, 0.717) is 36.7 Å². The molecule has 2 N–H and O–H groups in total. The van der Waals surface area contributed by atoms with Crippen LogP contribution in [0.3, 0.4) is 0 Å². The number of hydrogen-bond acceptors (Lipinski definition) is 7. The summed E-state index contributed by atoms with van der Waals surface area (Å²) in [5, 5.41) is 5.47. The highest BCUT2D eigenvalue weighted by Gasteiger charge is 2.33. The van der Waals surface area contributed by atoms with Crippen molar-refractivity contribution in [3.05, 3.63) is 36.2 Å². The SMILES string of the molecule is CCCS(=O)(=O)N1CCCC(NC(=O)[C@H](CC(C)C)NC(=O)c2cnc3ccccc3n2)C(=O)C1. The largest absolute Gasteiger partial charge is 0.344 e. The topological polar surface area (TPSA) is 138 Å². The Bertz CT molecular complexity index is 1180. The zero-order valence-corrected chi connectivity index (χ0v) is 21.2. The molecule has 1 fully saturated rings. The second-order valence-electron chi connectivity index (χ2n) is 9.22. The van der Waals surface area contributed by atoms with Crippen molar-refractivity contribution < 1.29 is 22.8 Å². The summed E-state index contributed by atoms with van der Waals surface area (Å²) >= 11 is 0. The van der Waals surface area contributed by atoms with Gasteiger partial charge in [-0.05, 0) is 43.7 Å². The molecule has 0 saturated carbocycles. The fourth-order valence-corrected chi connectivity index (χ4v) is 5.55. The number of rotatable bonds is 9. The number of para-hydroxylation sites is 2. The number of fused-ring (bicyclic) bond motifs is 1. The normalized spacial score (nSPS) is 18.3. The van der Waals surface area contributed by atoms with Crippen molar-refractivity contribution in [3.63, 3.8) is 0 Å². The number of nitrogens with one attached hydrogen (secondary N) is 2. The standard InChI is InChI=1S/C24H33N5O5S/c1-4-12-35(33,34)29-11-7-10-19(22(30)15-29)27-23(31)20(13-16(2)3)28-24(32)21-14-25-17-8-5-6-9-18(17)26-21/h5-6,8-9,14,16,19-20H,4,7,10-13,15H2,1-3H3,(H,27,31)(H,28,32)/t19?,20-/m0/s1. The number of hydrogen-bond donors (Lipinski definition) is 2. The van der Waals surface area contributed by atoms with Crippen LogP contribution in [0.5, 0.6) is 0 Å². The van der Waals surface area contributed by atoms with Crippen molar-refractivity contribution in [3.8, 4) is 0 Å². The molecule has 1 aliphatic rings. The van der Waals surface area contributed by atoms with Gasteiger partial charge in [-0.2, -0.15) is 4.31 Å². The van der Waals surface area contributed by atoms with Gasteiger partial charge < -0.3 is 10.6 Å². The van der Waals surface area contributed by atoms with Gasteiger partial charge in [0, 0.05) is 6.54 Å². The number of nitrogens with zero attached hydrogens (tertiary/aromatic N) is 3. The number of carbonyl (C=O) groups excluding carboxylic acids is 3. The van der Waals surface area contributed by atoms with Gasteiger partial charge in [-0.15, -0.1) is 0 Å². The number of Topliss-reactive ketones (excluding diaryl/α,β-unsaturated/α-hetero) is 1. The highest BCUT2D eigenvalue weighted by molar-refractivity contribution is 7.89. The van der Waals surface area contributed by atoms with E-state index in [4.69, 9.17) is 0 Å². The molecule has 35 heavy (non-hydrogen) atoms. The van der Waals surface area contributed by atoms with E-state index >= 15 is 0 Å². The van der Waals surface area contributed by atoms with Gasteiger partial charge >= 0.3 is 0 Å². The van der Waals surface area contributed by atoms with Gasteiger partial charge in [0.2, 0.25) is 15.9 Å². The molecule has 0 bridgehead atoms. The second-order valence-corrected chi connectivity index (χ2v) is 11.3. The Morgan fingerprint density at radius 1 is 1.20 bits per heavy atom. The maximum Gasteiger partial charge on any atom is 0.272 e. The molecule has 0 radical (unpaired) electrons. The lowest BCUT2D eigenvalue weighted by Crippen LogP contribution is -2.52. The van der Waals surface area contributed by atoms with Crippen LogP contribution in [-0.2, 0) is 19.6 Å². The molecule has 1 saturated heterocycles. The first-order valence-electron chi connectivity index (χ1n) is 11.9. The number of ketones is 1. The number of carbonyl (C=O) groups is 3. The first-order valence-corrected chi connectivity index (χ1v) is 13.5. The summed E-state index contributed by atoms with van der Waals surface area (Å²) in [6, 6.07) is 5.47. The Labute approximate surface area is 205 Å². The predicted molar refractivity (Wildman–Crippen MR) is 132 cm³/mol.